The van der Waals surface area contributed by atoms with Crippen LogP contribution in [0.4, 0.5) is 0 Å². The molecule has 4 rings (SSSR count). The van der Waals surface area contributed by atoms with E-state index >= 15 is 0 Å². The van der Waals surface area contributed by atoms with Gasteiger partial charge in [-0.05, 0) is 31.0 Å². The van der Waals surface area contributed by atoms with Crippen molar-refractivity contribution in [1.82, 2.24) is 29.4 Å². The number of carbonyl (C=O) groups excluding carboxylic acids is 1. The van der Waals surface area contributed by atoms with E-state index in [0.29, 0.717) is 25.6 Å². The maximum Gasteiger partial charge on any atom is 0.244 e. The number of aryl methyl sites for hydroxylation is 3. The number of amides is 1. The molecule has 0 aliphatic carbocycles. The van der Waals surface area contributed by atoms with Crippen molar-refractivity contribution in [1.29, 1.82) is 0 Å². The van der Waals surface area contributed by atoms with Crippen LogP contribution in [0.15, 0.2) is 30.7 Å². The Hall–Kier alpha value is -3.16. The molecule has 0 aromatic carbocycles. The lowest BCUT2D eigenvalue weighted by Gasteiger charge is -2.27. The van der Waals surface area contributed by atoms with Crippen molar-refractivity contribution in [3.8, 4) is 5.88 Å². The monoisotopic (exact) mass is 380 g/mol. The van der Waals surface area contributed by atoms with Gasteiger partial charge in [0.25, 0.3) is 0 Å². The number of nitrogens with zero attached hydrogens (tertiary/aromatic N) is 6. The van der Waals surface area contributed by atoms with Crippen molar-refractivity contribution < 1.29 is 9.53 Å². The fraction of sp³-hybridized carbons (Fsp3) is 0.400. The summed E-state index contributed by atoms with van der Waals surface area (Å²) >= 11 is 0. The molecule has 0 radical (unpaired) electrons. The summed E-state index contributed by atoms with van der Waals surface area (Å²) in [5.74, 6) is 0.641. The Balaban J connectivity index is 1.47. The van der Waals surface area contributed by atoms with Crippen LogP contribution in [0.3, 0.4) is 0 Å². The first kappa shape index (κ1) is 18.2. The zero-order valence-corrected chi connectivity index (χ0v) is 16.4. The van der Waals surface area contributed by atoms with E-state index in [1.165, 1.54) is 0 Å². The number of hydrogen-bond donors (Lipinski definition) is 0. The number of rotatable bonds is 5. The molecule has 0 N–H and O–H groups in total. The third-order valence-electron chi connectivity index (χ3n) is 4.98. The molecular formula is C20H24N6O2. The van der Waals surface area contributed by atoms with Gasteiger partial charge in [-0.3, -0.25) is 14.2 Å². The highest BCUT2D eigenvalue weighted by atomic mass is 16.5. The zero-order valence-electron chi connectivity index (χ0n) is 16.4. The highest BCUT2D eigenvalue weighted by Gasteiger charge is 2.27. The third kappa shape index (κ3) is 3.76. The number of fused-ring (bicyclic) bond motifs is 1. The molecule has 1 amide bonds. The quantitative estimate of drug-likeness (QED) is 0.674. The molecule has 0 unspecified atom stereocenters. The van der Waals surface area contributed by atoms with Crippen molar-refractivity contribution in [3.05, 3.63) is 58.8 Å². The molecule has 1 aliphatic rings. The normalized spacial score (nSPS) is 13.5. The Bertz CT molecular complexity index is 1010. The summed E-state index contributed by atoms with van der Waals surface area (Å²) in [6, 6.07) is 3.83. The minimum Gasteiger partial charge on any atom is -0.471 e. The van der Waals surface area contributed by atoms with Gasteiger partial charge in [0.1, 0.15) is 18.8 Å². The van der Waals surface area contributed by atoms with Gasteiger partial charge in [-0.2, -0.15) is 10.2 Å². The summed E-state index contributed by atoms with van der Waals surface area (Å²) in [5, 5.41) is 8.83. The van der Waals surface area contributed by atoms with Gasteiger partial charge in [0.2, 0.25) is 11.8 Å². The molecular weight excluding hydrogens is 356 g/mol. The first-order valence-electron chi connectivity index (χ1n) is 9.35. The highest BCUT2D eigenvalue weighted by Crippen LogP contribution is 2.23. The molecule has 3 aromatic rings. The second-order valence-electron chi connectivity index (χ2n) is 7.24. The Morgan fingerprint density at radius 3 is 2.89 bits per heavy atom. The smallest absolute Gasteiger partial charge is 0.244 e. The second-order valence-corrected chi connectivity index (χ2v) is 7.24. The molecule has 146 valence electrons. The molecule has 3 aromatic heterocycles. The van der Waals surface area contributed by atoms with Gasteiger partial charge in [0, 0.05) is 56.3 Å². The van der Waals surface area contributed by atoms with Crippen LogP contribution in [0.2, 0.25) is 0 Å². The van der Waals surface area contributed by atoms with Crippen LogP contribution in [0.1, 0.15) is 28.1 Å². The molecule has 0 saturated heterocycles. The van der Waals surface area contributed by atoms with Gasteiger partial charge >= 0.3 is 0 Å². The minimum absolute atomic E-state index is 0.0600. The summed E-state index contributed by atoms with van der Waals surface area (Å²) in [4.78, 5) is 18.8. The van der Waals surface area contributed by atoms with Gasteiger partial charge in [-0.1, -0.05) is 0 Å². The van der Waals surface area contributed by atoms with Crippen molar-refractivity contribution in [2.24, 2.45) is 7.05 Å². The van der Waals surface area contributed by atoms with Crippen LogP contribution in [0.5, 0.6) is 5.88 Å². The van der Waals surface area contributed by atoms with Gasteiger partial charge in [0.05, 0.1) is 6.20 Å². The molecule has 0 bridgehead atoms. The van der Waals surface area contributed by atoms with Crippen LogP contribution in [0, 0.1) is 13.8 Å². The Morgan fingerprint density at radius 2 is 2.14 bits per heavy atom. The van der Waals surface area contributed by atoms with E-state index in [1.54, 1.807) is 17.1 Å². The largest absolute Gasteiger partial charge is 0.471 e. The molecule has 0 fully saturated rings. The predicted octanol–water partition coefficient (Wildman–Crippen LogP) is 1.79. The fourth-order valence-corrected chi connectivity index (χ4v) is 3.52. The standard InChI is InChI=1S/C20H24N6O2/c1-14-4-6-21-19(8-14)28-13-17-16-11-25(7-5-18(16)24(3)23-17)20(27)12-26-10-15(2)9-22-26/h4,6,8-10H,5,7,11-13H2,1-3H3. The lowest BCUT2D eigenvalue weighted by Crippen LogP contribution is -2.38. The van der Waals surface area contributed by atoms with E-state index in [4.69, 9.17) is 4.74 Å². The van der Waals surface area contributed by atoms with Crippen LogP contribution in [-0.4, -0.2) is 41.9 Å². The first-order chi connectivity index (χ1) is 13.5. The fourth-order valence-electron chi connectivity index (χ4n) is 3.52. The van der Waals surface area contributed by atoms with E-state index in [-0.39, 0.29) is 12.5 Å². The summed E-state index contributed by atoms with van der Waals surface area (Å²) in [5.41, 5.74) is 5.23. The van der Waals surface area contributed by atoms with E-state index in [0.717, 1.165) is 34.5 Å². The molecule has 0 saturated carbocycles. The van der Waals surface area contributed by atoms with Crippen molar-refractivity contribution >= 4 is 5.91 Å². The van der Waals surface area contributed by atoms with Crippen molar-refractivity contribution in [2.45, 2.75) is 40.0 Å². The Kier molecular flexibility index (Phi) is 4.85. The van der Waals surface area contributed by atoms with Crippen molar-refractivity contribution in [2.75, 3.05) is 6.54 Å². The Morgan fingerprint density at radius 1 is 1.29 bits per heavy atom. The van der Waals surface area contributed by atoms with Gasteiger partial charge in [-0.15, -0.1) is 0 Å². The van der Waals surface area contributed by atoms with E-state index < -0.39 is 0 Å². The minimum atomic E-state index is 0.0600. The maximum atomic E-state index is 12.7. The topological polar surface area (TPSA) is 78.1 Å². The maximum absolute atomic E-state index is 12.7. The average Bonchev–Trinajstić information content (AvgIpc) is 3.22. The average molecular weight is 380 g/mol. The van der Waals surface area contributed by atoms with E-state index in [2.05, 4.69) is 15.2 Å². The number of ether oxygens (including phenoxy) is 1. The molecule has 4 heterocycles. The highest BCUT2D eigenvalue weighted by molar-refractivity contribution is 5.76. The number of hydrogen-bond acceptors (Lipinski definition) is 5. The lowest BCUT2D eigenvalue weighted by molar-refractivity contribution is -0.133. The number of aromatic nitrogens is 5. The summed E-state index contributed by atoms with van der Waals surface area (Å²) in [6.45, 7) is 5.78. The second kappa shape index (κ2) is 7.46. The molecule has 0 spiro atoms. The third-order valence-corrected chi connectivity index (χ3v) is 4.98. The molecule has 8 heteroatoms. The lowest BCUT2D eigenvalue weighted by atomic mass is 10.1. The molecule has 8 nitrogen and oxygen atoms in total. The number of pyridine rings is 1. The summed E-state index contributed by atoms with van der Waals surface area (Å²) < 4.78 is 9.43. The zero-order chi connectivity index (χ0) is 19.7. The van der Waals surface area contributed by atoms with E-state index in [9.17, 15) is 4.79 Å². The first-order valence-corrected chi connectivity index (χ1v) is 9.35. The van der Waals surface area contributed by atoms with Crippen LogP contribution < -0.4 is 4.74 Å². The summed E-state index contributed by atoms with van der Waals surface area (Å²) in [7, 11) is 1.94. The molecule has 0 atom stereocenters. The van der Waals surface area contributed by atoms with Crippen molar-refractivity contribution in [3.63, 3.8) is 0 Å². The van der Waals surface area contributed by atoms with Crippen LogP contribution >= 0.6 is 0 Å². The SMILES string of the molecule is Cc1ccnc(OCc2nn(C)c3c2CN(C(=O)Cn2cc(C)cn2)CC3)c1. The van der Waals surface area contributed by atoms with E-state index in [1.807, 2.05) is 48.8 Å². The van der Waals surface area contributed by atoms with Gasteiger partial charge in [-0.25, -0.2) is 4.98 Å². The van der Waals surface area contributed by atoms with Gasteiger partial charge in [0.15, 0.2) is 0 Å². The van der Waals surface area contributed by atoms with Crippen LogP contribution in [-0.2, 0) is 38.0 Å². The Labute approximate surface area is 163 Å². The van der Waals surface area contributed by atoms with Gasteiger partial charge < -0.3 is 9.64 Å². The summed E-state index contributed by atoms with van der Waals surface area (Å²) in [6.07, 6.45) is 6.16. The predicted molar refractivity (Wildman–Crippen MR) is 103 cm³/mol. The molecule has 1 aliphatic heterocycles. The molecule has 28 heavy (non-hydrogen) atoms. The number of carbonyl (C=O) groups is 1. The van der Waals surface area contributed by atoms with Crippen LogP contribution in [0.25, 0.3) is 0 Å².